The zero-order valence-corrected chi connectivity index (χ0v) is 9.80. The lowest BCUT2D eigenvalue weighted by atomic mass is 10.0. The van der Waals surface area contributed by atoms with Gasteiger partial charge in [0.05, 0.1) is 10.3 Å². The van der Waals surface area contributed by atoms with Crippen LogP contribution in [0.5, 0.6) is 0 Å². The highest BCUT2D eigenvalue weighted by atomic mass is 16.6. The molecule has 0 bridgehead atoms. The van der Waals surface area contributed by atoms with Crippen molar-refractivity contribution in [3.8, 4) is 0 Å². The molecule has 0 saturated carbocycles. The monoisotopic (exact) mass is 255 g/mol. The molecule has 0 aliphatic heterocycles. The summed E-state index contributed by atoms with van der Waals surface area (Å²) in [6.07, 6.45) is 6.51. The van der Waals surface area contributed by atoms with E-state index in [0.717, 1.165) is 10.9 Å². The van der Waals surface area contributed by atoms with E-state index >= 15 is 0 Å². The molecule has 0 saturated heterocycles. The van der Waals surface area contributed by atoms with Crippen molar-refractivity contribution in [3.63, 3.8) is 0 Å². The third-order valence-electron chi connectivity index (χ3n) is 2.57. The number of benzene rings is 1. The van der Waals surface area contributed by atoms with Crippen molar-refractivity contribution in [2.45, 2.75) is 0 Å². The van der Waals surface area contributed by atoms with Crippen LogP contribution in [0.25, 0.3) is 27.3 Å². The maximum Gasteiger partial charge on any atom is 0.278 e. The lowest BCUT2D eigenvalue weighted by molar-refractivity contribution is -0.383. The standard InChI is InChI=1S/C12H9N5O2/c13-16-15-6-1-2-9-3-4-12(17(18)19)11-8-14-7-5-10(9)11/h1-5,7-8H,6H2. The van der Waals surface area contributed by atoms with E-state index in [1.54, 1.807) is 30.5 Å². The summed E-state index contributed by atoms with van der Waals surface area (Å²) in [5.74, 6) is 0. The molecular weight excluding hydrogens is 246 g/mol. The molecule has 7 nitrogen and oxygen atoms in total. The van der Waals surface area contributed by atoms with E-state index in [0.29, 0.717) is 5.39 Å². The highest BCUT2D eigenvalue weighted by molar-refractivity contribution is 5.96. The third-order valence-corrected chi connectivity index (χ3v) is 2.57. The van der Waals surface area contributed by atoms with Crippen LogP contribution < -0.4 is 0 Å². The van der Waals surface area contributed by atoms with Crippen molar-refractivity contribution in [3.05, 3.63) is 62.8 Å². The van der Waals surface area contributed by atoms with Gasteiger partial charge in [-0.1, -0.05) is 17.3 Å². The van der Waals surface area contributed by atoms with Gasteiger partial charge in [0.2, 0.25) is 0 Å². The zero-order chi connectivity index (χ0) is 13.7. The molecule has 2 aromatic rings. The molecule has 1 aromatic carbocycles. The number of hydrogen-bond donors (Lipinski definition) is 0. The second-order valence-electron chi connectivity index (χ2n) is 3.67. The van der Waals surface area contributed by atoms with Gasteiger partial charge in [0, 0.05) is 29.9 Å². The van der Waals surface area contributed by atoms with Crippen molar-refractivity contribution in [2.75, 3.05) is 6.54 Å². The fourth-order valence-corrected chi connectivity index (χ4v) is 1.77. The van der Waals surface area contributed by atoms with E-state index in [1.807, 2.05) is 0 Å². The van der Waals surface area contributed by atoms with Crippen LogP contribution in [0, 0.1) is 10.1 Å². The maximum atomic E-state index is 10.9. The fraction of sp³-hybridized carbons (Fsp3) is 0.0833. The van der Waals surface area contributed by atoms with Crippen LogP contribution in [-0.4, -0.2) is 16.5 Å². The van der Waals surface area contributed by atoms with Gasteiger partial charge in [-0.15, -0.1) is 0 Å². The van der Waals surface area contributed by atoms with Crippen molar-refractivity contribution in [1.29, 1.82) is 0 Å². The Labute approximate surface area is 108 Å². The van der Waals surface area contributed by atoms with Crippen LogP contribution in [0.3, 0.4) is 0 Å². The topological polar surface area (TPSA) is 105 Å². The Morgan fingerprint density at radius 2 is 2.26 bits per heavy atom. The first kappa shape index (κ1) is 12.5. The lowest BCUT2D eigenvalue weighted by Crippen LogP contribution is -1.91. The normalized spacial score (nSPS) is 10.5. The number of fused-ring (bicyclic) bond motifs is 1. The minimum Gasteiger partial charge on any atom is -0.264 e. The number of non-ortho nitro benzene ring substituents is 1. The average Bonchev–Trinajstić information content (AvgIpc) is 2.43. The van der Waals surface area contributed by atoms with E-state index in [1.165, 1.54) is 12.3 Å². The first-order valence-electron chi connectivity index (χ1n) is 5.42. The van der Waals surface area contributed by atoms with E-state index in [9.17, 15) is 10.1 Å². The molecule has 1 heterocycles. The molecule has 1 aromatic heterocycles. The number of azide groups is 1. The molecule has 0 spiro atoms. The molecule has 94 valence electrons. The molecule has 19 heavy (non-hydrogen) atoms. The molecular formula is C12H9N5O2. The molecule has 0 radical (unpaired) electrons. The van der Waals surface area contributed by atoms with Gasteiger partial charge in [0.1, 0.15) is 0 Å². The minimum absolute atomic E-state index is 0.0234. The fourth-order valence-electron chi connectivity index (χ4n) is 1.77. The molecule has 7 heteroatoms. The van der Waals surface area contributed by atoms with Crippen molar-refractivity contribution in [1.82, 2.24) is 4.98 Å². The Morgan fingerprint density at radius 3 is 3.00 bits per heavy atom. The highest BCUT2D eigenvalue weighted by Gasteiger charge is 2.12. The Kier molecular flexibility index (Phi) is 3.70. The van der Waals surface area contributed by atoms with Gasteiger partial charge >= 0.3 is 0 Å². The smallest absolute Gasteiger partial charge is 0.264 e. The summed E-state index contributed by atoms with van der Waals surface area (Å²) in [4.78, 5) is 17.0. The summed E-state index contributed by atoms with van der Waals surface area (Å²) in [5.41, 5.74) is 9.01. The van der Waals surface area contributed by atoms with Crippen LogP contribution in [0.15, 0.2) is 41.8 Å². The minimum atomic E-state index is -0.433. The predicted molar refractivity (Wildman–Crippen MR) is 71.4 cm³/mol. The number of nitrogens with zero attached hydrogens (tertiary/aromatic N) is 5. The molecule has 0 aliphatic rings. The quantitative estimate of drug-likeness (QED) is 0.274. The van der Waals surface area contributed by atoms with E-state index in [-0.39, 0.29) is 12.2 Å². The van der Waals surface area contributed by atoms with Crippen LogP contribution >= 0.6 is 0 Å². The molecule has 2 rings (SSSR count). The van der Waals surface area contributed by atoms with Crippen LogP contribution in [0.1, 0.15) is 5.56 Å². The molecule has 0 aliphatic carbocycles. The third kappa shape index (κ3) is 2.67. The summed E-state index contributed by atoms with van der Waals surface area (Å²) in [6, 6.07) is 4.82. The van der Waals surface area contributed by atoms with Crippen LogP contribution in [0.4, 0.5) is 5.69 Å². The summed E-state index contributed by atoms with van der Waals surface area (Å²) in [7, 11) is 0. The second-order valence-corrected chi connectivity index (χ2v) is 3.67. The Bertz CT molecular complexity index is 704. The lowest BCUT2D eigenvalue weighted by Gasteiger charge is -2.02. The molecule has 0 atom stereocenters. The Morgan fingerprint density at radius 1 is 1.42 bits per heavy atom. The Hall–Kier alpha value is -2.92. The van der Waals surface area contributed by atoms with Gasteiger partial charge in [-0.3, -0.25) is 15.1 Å². The molecule has 0 N–H and O–H groups in total. The average molecular weight is 255 g/mol. The van der Waals surface area contributed by atoms with Gasteiger partial charge in [0.15, 0.2) is 0 Å². The summed E-state index contributed by atoms with van der Waals surface area (Å²) in [6.45, 7) is 0.236. The van der Waals surface area contributed by atoms with Gasteiger partial charge in [-0.2, -0.15) is 0 Å². The molecule has 0 unspecified atom stereocenters. The van der Waals surface area contributed by atoms with Crippen LogP contribution in [0.2, 0.25) is 0 Å². The van der Waals surface area contributed by atoms with Crippen LogP contribution in [-0.2, 0) is 0 Å². The van der Waals surface area contributed by atoms with Gasteiger partial charge in [-0.25, -0.2) is 0 Å². The zero-order valence-electron chi connectivity index (χ0n) is 9.80. The summed E-state index contributed by atoms with van der Waals surface area (Å²) in [5, 5.41) is 15.5. The SMILES string of the molecule is [N-]=[N+]=NCC=Cc1ccc([N+](=O)[O-])c2cnccc12. The van der Waals surface area contributed by atoms with Crippen molar-refractivity contribution >= 4 is 22.5 Å². The first-order chi connectivity index (χ1) is 9.24. The maximum absolute atomic E-state index is 10.9. The predicted octanol–water partition coefficient (Wildman–Crippen LogP) is 3.47. The van der Waals surface area contributed by atoms with Gasteiger partial charge in [0.25, 0.3) is 5.69 Å². The number of nitro benzene ring substituents is 1. The van der Waals surface area contributed by atoms with Gasteiger partial charge < -0.3 is 0 Å². The number of aromatic nitrogens is 1. The van der Waals surface area contributed by atoms with E-state index in [4.69, 9.17) is 5.53 Å². The first-order valence-corrected chi connectivity index (χ1v) is 5.42. The van der Waals surface area contributed by atoms with Crippen molar-refractivity contribution in [2.24, 2.45) is 5.11 Å². The molecule has 0 fully saturated rings. The van der Waals surface area contributed by atoms with E-state index < -0.39 is 4.92 Å². The summed E-state index contributed by atoms with van der Waals surface area (Å²) < 4.78 is 0. The number of pyridine rings is 1. The van der Waals surface area contributed by atoms with E-state index in [2.05, 4.69) is 15.0 Å². The number of rotatable bonds is 4. The second kappa shape index (κ2) is 5.61. The van der Waals surface area contributed by atoms with Crippen molar-refractivity contribution < 1.29 is 4.92 Å². The summed E-state index contributed by atoms with van der Waals surface area (Å²) >= 11 is 0. The van der Waals surface area contributed by atoms with Gasteiger partial charge in [-0.05, 0) is 28.6 Å². The molecule has 0 amide bonds. The number of nitro groups is 1. The number of hydrogen-bond acceptors (Lipinski definition) is 4. The largest absolute Gasteiger partial charge is 0.278 e. The highest BCUT2D eigenvalue weighted by Crippen LogP contribution is 2.28. The Balaban J connectivity index is 2.52.